The Morgan fingerprint density at radius 2 is 1.84 bits per heavy atom. The minimum absolute atomic E-state index is 0.147. The first kappa shape index (κ1) is 23.1. The number of nitriles is 1. The number of aryl methyl sites for hydroxylation is 1. The van der Waals surface area contributed by atoms with Crippen LogP contribution in [0.25, 0.3) is 11.6 Å². The van der Waals surface area contributed by atoms with E-state index in [9.17, 15) is 10.1 Å². The largest absolute Gasteiger partial charge is 0.490 e. The van der Waals surface area contributed by atoms with Gasteiger partial charge in [0.25, 0.3) is 5.91 Å². The van der Waals surface area contributed by atoms with Crippen LogP contribution in [0.3, 0.4) is 0 Å². The van der Waals surface area contributed by atoms with Crippen molar-refractivity contribution in [1.82, 2.24) is 0 Å². The SMILES string of the molecule is CCOc1cc(/C=C(\C#N)c2ccc(Br)cc2)ccc1OCC(=O)Nc1cccc(C)c1. The number of nitrogens with one attached hydrogen (secondary N) is 1. The van der Waals surface area contributed by atoms with E-state index in [1.165, 1.54) is 0 Å². The zero-order chi connectivity index (χ0) is 22.9. The Morgan fingerprint density at radius 1 is 1.06 bits per heavy atom. The Morgan fingerprint density at radius 3 is 2.53 bits per heavy atom. The van der Waals surface area contributed by atoms with Crippen molar-refractivity contribution in [2.75, 3.05) is 18.5 Å². The van der Waals surface area contributed by atoms with Crippen molar-refractivity contribution in [2.24, 2.45) is 0 Å². The number of rotatable bonds is 8. The quantitative estimate of drug-likeness (QED) is 0.299. The third-order valence-corrected chi connectivity index (χ3v) is 5.04. The topological polar surface area (TPSA) is 71.3 Å². The lowest BCUT2D eigenvalue weighted by Crippen LogP contribution is -2.20. The lowest BCUT2D eigenvalue weighted by molar-refractivity contribution is -0.118. The molecule has 3 aromatic rings. The molecule has 32 heavy (non-hydrogen) atoms. The standard InChI is InChI=1S/C26H23BrN2O3/c1-3-31-25-15-19(14-21(16-28)20-8-10-22(27)11-9-20)7-12-24(25)32-17-26(30)29-23-6-4-5-18(2)13-23/h4-15H,3,17H2,1-2H3,(H,29,30)/b21-14+. The molecule has 0 unspecified atom stereocenters. The summed E-state index contributed by atoms with van der Waals surface area (Å²) in [4.78, 5) is 12.3. The summed E-state index contributed by atoms with van der Waals surface area (Å²) in [7, 11) is 0. The van der Waals surface area contributed by atoms with Crippen molar-refractivity contribution >= 4 is 39.2 Å². The summed E-state index contributed by atoms with van der Waals surface area (Å²) in [6.45, 7) is 4.13. The molecule has 0 aliphatic carbocycles. The van der Waals surface area contributed by atoms with Crippen LogP contribution in [0.5, 0.6) is 11.5 Å². The number of hydrogen-bond donors (Lipinski definition) is 1. The van der Waals surface area contributed by atoms with Gasteiger partial charge in [-0.1, -0.05) is 46.3 Å². The number of halogens is 1. The van der Waals surface area contributed by atoms with Crippen LogP contribution in [-0.4, -0.2) is 19.1 Å². The van der Waals surface area contributed by atoms with Crippen LogP contribution in [0.4, 0.5) is 5.69 Å². The van der Waals surface area contributed by atoms with E-state index in [0.717, 1.165) is 26.9 Å². The molecule has 1 amide bonds. The van der Waals surface area contributed by atoms with Crippen LogP contribution in [-0.2, 0) is 4.79 Å². The second-order valence-electron chi connectivity index (χ2n) is 7.02. The van der Waals surface area contributed by atoms with E-state index >= 15 is 0 Å². The minimum Gasteiger partial charge on any atom is -0.490 e. The van der Waals surface area contributed by atoms with E-state index in [-0.39, 0.29) is 12.5 Å². The molecule has 0 bridgehead atoms. The monoisotopic (exact) mass is 490 g/mol. The van der Waals surface area contributed by atoms with Crippen molar-refractivity contribution in [2.45, 2.75) is 13.8 Å². The second kappa shape index (κ2) is 11.2. The number of amides is 1. The molecule has 0 heterocycles. The van der Waals surface area contributed by atoms with Gasteiger partial charge < -0.3 is 14.8 Å². The van der Waals surface area contributed by atoms with Gasteiger partial charge in [-0.25, -0.2) is 0 Å². The van der Waals surface area contributed by atoms with E-state index in [0.29, 0.717) is 23.7 Å². The highest BCUT2D eigenvalue weighted by Gasteiger charge is 2.10. The summed E-state index contributed by atoms with van der Waals surface area (Å²) in [5.74, 6) is 0.715. The maximum Gasteiger partial charge on any atom is 0.262 e. The van der Waals surface area contributed by atoms with Crippen LogP contribution < -0.4 is 14.8 Å². The number of carbonyl (C=O) groups excluding carboxylic acids is 1. The van der Waals surface area contributed by atoms with Crippen LogP contribution in [0.1, 0.15) is 23.6 Å². The summed E-state index contributed by atoms with van der Waals surface area (Å²) in [6, 6.07) is 22.7. The molecular formula is C26H23BrN2O3. The fourth-order valence-electron chi connectivity index (χ4n) is 3.04. The zero-order valence-electron chi connectivity index (χ0n) is 17.9. The molecule has 162 valence electrons. The molecule has 0 aliphatic heterocycles. The average molecular weight is 491 g/mol. The molecular weight excluding hydrogens is 468 g/mol. The van der Waals surface area contributed by atoms with Gasteiger partial charge in [-0.15, -0.1) is 0 Å². The molecule has 0 radical (unpaired) electrons. The molecule has 0 aliphatic rings. The first-order valence-corrected chi connectivity index (χ1v) is 10.9. The molecule has 3 rings (SSSR count). The molecule has 0 saturated carbocycles. The maximum atomic E-state index is 12.3. The summed E-state index contributed by atoms with van der Waals surface area (Å²) in [5, 5.41) is 12.4. The number of hydrogen-bond acceptors (Lipinski definition) is 4. The predicted molar refractivity (Wildman–Crippen MR) is 131 cm³/mol. The van der Waals surface area contributed by atoms with Gasteiger partial charge >= 0.3 is 0 Å². The van der Waals surface area contributed by atoms with E-state index in [1.54, 1.807) is 18.2 Å². The number of anilines is 1. The van der Waals surface area contributed by atoms with Crippen LogP contribution >= 0.6 is 15.9 Å². The lowest BCUT2D eigenvalue weighted by Gasteiger charge is -2.13. The Hall–Kier alpha value is -3.56. The normalized spacial score (nSPS) is 10.9. The molecule has 0 atom stereocenters. The molecule has 5 nitrogen and oxygen atoms in total. The average Bonchev–Trinajstić information content (AvgIpc) is 2.78. The number of ether oxygens (including phenoxy) is 2. The van der Waals surface area contributed by atoms with Crippen molar-refractivity contribution in [3.63, 3.8) is 0 Å². The number of carbonyl (C=O) groups is 1. The van der Waals surface area contributed by atoms with Crippen LogP contribution in [0, 0.1) is 18.3 Å². The Balaban J connectivity index is 1.74. The van der Waals surface area contributed by atoms with Crippen molar-refractivity contribution in [3.8, 4) is 17.6 Å². The van der Waals surface area contributed by atoms with Gasteiger partial charge in [0.05, 0.1) is 18.2 Å². The summed E-state index contributed by atoms with van der Waals surface area (Å²) >= 11 is 3.40. The van der Waals surface area contributed by atoms with Crippen LogP contribution in [0.2, 0.25) is 0 Å². The number of benzene rings is 3. The van der Waals surface area contributed by atoms with Gasteiger partial charge in [0, 0.05) is 10.2 Å². The van der Waals surface area contributed by atoms with Gasteiger partial charge in [-0.2, -0.15) is 5.26 Å². The minimum atomic E-state index is -0.260. The summed E-state index contributed by atoms with van der Waals surface area (Å²) in [5.41, 5.74) is 3.93. The van der Waals surface area contributed by atoms with Crippen molar-refractivity contribution in [3.05, 3.63) is 87.9 Å². The molecule has 0 saturated heterocycles. The lowest BCUT2D eigenvalue weighted by atomic mass is 10.0. The highest BCUT2D eigenvalue weighted by atomic mass is 79.9. The number of allylic oxidation sites excluding steroid dienone is 1. The summed E-state index contributed by atoms with van der Waals surface area (Å²) in [6.07, 6.45) is 1.79. The third kappa shape index (κ3) is 6.47. The van der Waals surface area contributed by atoms with Gasteiger partial charge in [-0.3, -0.25) is 4.79 Å². The molecule has 0 aromatic heterocycles. The Labute approximate surface area is 196 Å². The molecule has 6 heteroatoms. The van der Waals surface area contributed by atoms with Gasteiger partial charge in [0.2, 0.25) is 0 Å². The smallest absolute Gasteiger partial charge is 0.262 e. The Kier molecular flexibility index (Phi) is 8.07. The zero-order valence-corrected chi connectivity index (χ0v) is 19.5. The first-order chi connectivity index (χ1) is 15.5. The fraction of sp³-hybridized carbons (Fsp3) is 0.154. The second-order valence-corrected chi connectivity index (χ2v) is 7.94. The van der Waals surface area contributed by atoms with E-state index in [1.807, 2.05) is 68.4 Å². The maximum absolute atomic E-state index is 12.3. The van der Waals surface area contributed by atoms with Crippen LogP contribution in [0.15, 0.2) is 71.2 Å². The Bertz CT molecular complexity index is 1160. The van der Waals surface area contributed by atoms with E-state index < -0.39 is 0 Å². The molecule has 1 N–H and O–H groups in total. The van der Waals surface area contributed by atoms with Gasteiger partial charge in [0.1, 0.15) is 0 Å². The van der Waals surface area contributed by atoms with E-state index in [2.05, 4.69) is 27.3 Å². The molecule has 0 fully saturated rings. The van der Waals surface area contributed by atoms with Crippen molar-refractivity contribution < 1.29 is 14.3 Å². The number of nitrogens with zero attached hydrogens (tertiary/aromatic N) is 1. The van der Waals surface area contributed by atoms with E-state index in [4.69, 9.17) is 9.47 Å². The highest BCUT2D eigenvalue weighted by molar-refractivity contribution is 9.10. The summed E-state index contributed by atoms with van der Waals surface area (Å²) < 4.78 is 12.4. The van der Waals surface area contributed by atoms with Gasteiger partial charge in [-0.05, 0) is 73.0 Å². The van der Waals surface area contributed by atoms with Crippen molar-refractivity contribution in [1.29, 1.82) is 5.26 Å². The molecule has 0 spiro atoms. The third-order valence-electron chi connectivity index (χ3n) is 4.51. The predicted octanol–water partition coefficient (Wildman–Crippen LogP) is 6.24. The highest BCUT2D eigenvalue weighted by Crippen LogP contribution is 2.30. The van der Waals surface area contributed by atoms with Gasteiger partial charge in [0.15, 0.2) is 18.1 Å². The fourth-order valence-corrected chi connectivity index (χ4v) is 3.31. The molecule has 3 aromatic carbocycles. The first-order valence-electron chi connectivity index (χ1n) is 10.1.